The van der Waals surface area contributed by atoms with E-state index < -0.39 is 17.7 Å². The van der Waals surface area contributed by atoms with Crippen molar-refractivity contribution in [3.05, 3.63) is 59.4 Å². The van der Waals surface area contributed by atoms with Crippen LogP contribution < -0.4 is 15.4 Å². The van der Waals surface area contributed by atoms with Crippen LogP contribution in [0.3, 0.4) is 0 Å². The van der Waals surface area contributed by atoms with Crippen molar-refractivity contribution in [3.8, 4) is 5.75 Å². The molecule has 0 aliphatic heterocycles. The van der Waals surface area contributed by atoms with Crippen molar-refractivity contribution in [2.75, 3.05) is 24.4 Å². The molecule has 0 aliphatic carbocycles. The number of hydrogen-bond donors (Lipinski definition) is 2. The van der Waals surface area contributed by atoms with Crippen LogP contribution in [-0.4, -0.2) is 31.5 Å². The van der Waals surface area contributed by atoms with Gasteiger partial charge in [-0.2, -0.15) is 0 Å². The molecule has 0 fully saturated rings. The Hall–Kier alpha value is -3.68. The summed E-state index contributed by atoms with van der Waals surface area (Å²) in [4.78, 5) is 36.3. The monoisotopic (exact) mass is 428 g/mol. The third kappa shape index (κ3) is 6.95. The van der Waals surface area contributed by atoms with E-state index in [4.69, 9.17) is 9.47 Å². The number of carbonyl (C=O) groups is 3. The van der Waals surface area contributed by atoms with Gasteiger partial charge in [0.2, 0.25) is 11.8 Å². The van der Waals surface area contributed by atoms with E-state index in [2.05, 4.69) is 10.6 Å². The van der Waals surface area contributed by atoms with Gasteiger partial charge in [-0.15, -0.1) is 0 Å². The number of nitrogens with one attached hydrogen (secondary N) is 2. The van der Waals surface area contributed by atoms with Crippen molar-refractivity contribution in [1.29, 1.82) is 0 Å². The lowest BCUT2D eigenvalue weighted by atomic mass is 10.1. The fourth-order valence-corrected chi connectivity index (χ4v) is 2.64. The minimum Gasteiger partial charge on any atom is -0.493 e. The molecule has 0 spiro atoms. The highest BCUT2D eigenvalue weighted by molar-refractivity contribution is 6.07. The predicted molar refractivity (Wildman–Crippen MR) is 117 cm³/mol. The van der Waals surface area contributed by atoms with E-state index in [0.29, 0.717) is 6.61 Å². The number of halogens is 1. The van der Waals surface area contributed by atoms with Gasteiger partial charge < -0.3 is 20.1 Å². The van der Waals surface area contributed by atoms with E-state index >= 15 is 0 Å². The highest BCUT2D eigenvalue weighted by atomic mass is 19.1. The molecule has 2 aromatic rings. The molecule has 8 heteroatoms. The van der Waals surface area contributed by atoms with E-state index in [-0.39, 0.29) is 34.2 Å². The minimum atomic E-state index is -0.654. The summed E-state index contributed by atoms with van der Waals surface area (Å²) < 4.78 is 24.2. The lowest BCUT2D eigenvalue weighted by molar-refractivity contribution is -0.114. The summed E-state index contributed by atoms with van der Waals surface area (Å²) in [5, 5.41) is 5.20. The lowest BCUT2D eigenvalue weighted by Crippen LogP contribution is -2.15. The second-order valence-electron chi connectivity index (χ2n) is 6.61. The number of rotatable bonds is 9. The molecule has 2 N–H and O–H groups in total. The van der Waals surface area contributed by atoms with E-state index in [1.807, 2.05) is 6.92 Å². The summed E-state index contributed by atoms with van der Waals surface area (Å²) in [7, 11) is 1.23. The third-order valence-electron chi connectivity index (χ3n) is 4.17. The van der Waals surface area contributed by atoms with Crippen molar-refractivity contribution in [3.63, 3.8) is 0 Å². The zero-order chi connectivity index (χ0) is 22.8. The maximum atomic E-state index is 13.7. The number of hydrogen-bond acceptors (Lipinski definition) is 5. The molecule has 164 valence electrons. The van der Waals surface area contributed by atoms with Gasteiger partial charge in [0.05, 0.1) is 25.1 Å². The summed E-state index contributed by atoms with van der Waals surface area (Å²) in [5.74, 6) is -1.85. The highest BCUT2D eigenvalue weighted by Crippen LogP contribution is 2.32. The number of carbonyl (C=O) groups excluding carboxylic acids is 3. The van der Waals surface area contributed by atoms with Crippen molar-refractivity contribution >= 4 is 35.2 Å². The minimum absolute atomic E-state index is 0.0982. The van der Waals surface area contributed by atoms with Gasteiger partial charge >= 0.3 is 5.97 Å². The van der Waals surface area contributed by atoms with E-state index in [9.17, 15) is 18.8 Å². The molecule has 7 nitrogen and oxygen atoms in total. The Morgan fingerprint density at radius 1 is 1.10 bits per heavy atom. The van der Waals surface area contributed by atoms with Crippen LogP contribution in [-0.2, 0) is 14.3 Å². The van der Waals surface area contributed by atoms with Gasteiger partial charge in [-0.1, -0.05) is 31.5 Å². The topological polar surface area (TPSA) is 93.7 Å². The van der Waals surface area contributed by atoms with Crippen LogP contribution in [0.1, 0.15) is 42.6 Å². The van der Waals surface area contributed by atoms with Gasteiger partial charge in [-0.3, -0.25) is 9.59 Å². The number of esters is 1. The smallest absolute Gasteiger partial charge is 0.341 e. The Labute approximate surface area is 180 Å². The number of ether oxygens (including phenoxy) is 2. The predicted octanol–water partition coefficient (Wildman–Crippen LogP) is 4.40. The maximum Gasteiger partial charge on any atom is 0.341 e. The first-order valence-electron chi connectivity index (χ1n) is 9.76. The average Bonchev–Trinajstić information content (AvgIpc) is 2.74. The van der Waals surface area contributed by atoms with Gasteiger partial charge in [0, 0.05) is 24.6 Å². The Morgan fingerprint density at radius 2 is 1.81 bits per heavy atom. The molecule has 0 saturated heterocycles. The SMILES string of the molecule is CCCCOc1cc(NC(C)=O)c(NC(=O)C=Cc2ccccc2F)cc1C(=O)OC. The van der Waals surface area contributed by atoms with Crippen LogP contribution in [0, 0.1) is 5.82 Å². The maximum absolute atomic E-state index is 13.7. The molecular weight excluding hydrogens is 403 g/mol. The van der Waals surface area contributed by atoms with Gasteiger partial charge in [-0.25, -0.2) is 9.18 Å². The second-order valence-corrected chi connectivity index (χ2v) is 6.61. The van der Waals surface area contributed by atoms with E-state index in [1.165, 1.54) is 44.4 Å². The van der Waals surface area contributed by atoms with E-state index in [1.54, 1.807) is 12.1 Å². The molecule has 0 unspecified atom stereocenters. The number of methoxy groups -OCH3 is 1. The Bertz CT molecular complexity index is 988. The Morgan fingerprint density at radius 3 is 2.45 bits per heavy atom. The number of benzene rings is 2. The molecule has 0 atom stereocenters. The first-order chi connectivity index (χ1) is 14.8. The first-order valence-corrected chi connectivity index (χ1v) is 9.76. The number of unbranched alkanes of at least 4 members (excludes halogenated alkanes) is 1. The molecule has 0 bridgehead atoms. The van der Waals surface area contributed by atoms with Crippen LogP contribution in [0.2, 0.25) is 0 Å². The molecule has 0 aromatic heterocycles. The normalized spacial score (nSPS) is 10.6. The van der Waals surface area contributed by atoms with Crippen molar-refractivity contribution in [1.82, 2.24) is 0 Å². The zero-order valence-electron chi connectivity index (χ0n) is 17.7. The summed E-state index contributed by atoms with van der Waals surface area (Å²) in [6, 6.07) is 8.83. The van der Waals surface area contributed by atoms with Gasteiger partial charge in [0.25, 0.3) is 0 Å². The van der Waals surface area contributed by atoms with Crippen LogP contribution in [0.25, 0.3) is 6.08 Å². The molecule has 0 heterocycles. The second kappa shape index (κ2) is 11.5. The van der Waals surface area contributed by atoms with Gasteiger partial charge in [0.1, 0.15) is 17.1 Å². The van der Waals surface area contributed by atoms with Crippen LogP contribution in [0.15, 0.2) is 42.5 Å². The molecule has 0 saturated carbocycles. The molecule has 2 amide bonds. The molecule has 31 heavy (non-hydrogen) atoms. The third-order valence-corrected chi connectivity index (χ3v) is 4.17. The van der Waals surface area contributed by atoms with Crippen LogP contribution >= 0.6 is 0 Å². The molecule has 0 aliphatic rings. The number of anilines is 2. The van der Waals surface area contributed by atoms with Gasteiger partial charge in [-0.05, 0) is 24.6 Å². The average molecular weight is 428 g/mol. The Kier molecular flexibility index (Phi) is 8.75. The molecule has 2 rings (SSSR count). The summed E-state index contributed by atoms with van der Waals surface area (Å²) >= 11 is 0. The van der Waals surface area contributed by atoms with Crippen LogP contribution in [0.4, 0.5) is 15.8 Å². The fraction of sp³-hybridized carbons (Fsp3) is 0.261. The largest absolute Gasteiger partial charge is 0.493 e. The molecule has 0 radical (unpaired) electrons. The molecule has 2 aromatic carbocycles. The summed E-state index contributed by atoms with van der Waals surface area (Å²) in [5.41, 5.74) is 0.761. The van der Waals surface area contributed by atoms with Crippen molar-refractivity contribution in [2.24, 2.45) is 0 Å². The number of amides is 2. The highest BCUT2D eigenvalue weighted by Gasteiger charge is 2.19. The zero-order valence-corrected chi connectivity index (χ0v) is 17.7. The summed E-state index contributed by atoms with van der Waals surface area (Å²) in [6.07, 6.45) is 4.15. The van der Waals surface area contributed by atoms with Crippen molar-refractivity contribution in [2.45, 2.75) is 26.7 Å². The summed E-state index contributed by atoms with van der Waals surface area (Å²) in [6.45, 7) is 3.69. The fourth-order valence-electron chi connectivity index (χ4n) is 2.64. The van der Waals surface area contributed by atoms with Crippen LogP contribution in [0.5, 0.6) is 5.75 Å². The van der Waals surface area contributed by atoms with Gasteiger partial charge in [0.15, 0.2) is 0 Å². The standard InChI is InChI=1S/C23H25FN2O5/c1-4-5-12-31-21-14-20(25-15(2)27)19(13-17(21)23(29)30-3)26-22(28)11-10-16-8-6-7-9-18(16)24/h6-11,13-14H,4-5,12H2,1-3H3,(H,25,27)(H,26,28). The molecular formula is C23H25FN2O5. The Balaban J connectivity index is 2.36. The lowest BCUT2D eigenvalue weighted by Gasteiger charge is -2.16. The van der Waals surface area contributed by atoms with Crippen molar-refractivity contribution < 1.29 is 28.2 Å². The quantitative estimate of drug-likeness (QED) is 0.351. The van der Waals surface area contributed by atoms with E-state index in [0.717, 1.165) is 18.9 Å². The first kappa shape index (κ1) is 23.6.